The maximum atomic E-state index is 14.8. The van der Waals surface area contributed by atoms with Crippen molar-refractivity contribution in [3.05, 3.63) is 47.7 Å². The van der Waals surface area contributed by atoms with Crippen LogP contribution in [0.2, 0.25) is 0 Å². The molecule has 30 heavy (non-hydrogen) atoms. The minimum atomic E-state index is -1.08. The first-order valence-corrected chi connectivity index (χ1v) is 9.83. The normalized spacial score (nSPS) is 23.6. The van der Waals surface area contributed by atoms with E-state index in [2.05, 4.69) is 25.0 Å². The number of amides is 1. The lowest BCUT2D eigenvalue weighted by Crippen LogP contribution is -2.48. The van der Waals surface area contributed by atoms with Gasteiger partial charge in [-0.3, -0.25) is 4.79 Å². The van der Waals surface area contributed by atoms with Crippen molar-refractivity contribution < 1.29 is 23.0 Å². The molecule has 0 radical (unpaired) electrons. The van der Waals surface area contributed by atoms with E-state index in [0.29, 0.717) is 10.9 Å². The number of carbonyl (C=O) groups is 1. The molecule has 0 aliphatic carbocycles. The molecule has 0 spiro atoms. The number of thioether (sulfide) groups is 1. The van der Waals surface area contributed by atoms with Gasteiger partial charge in [0.1, 0.15) is 17.1 Å². The maximum Gasteiger partial charge on any atom is 0.275 e. The molecule has 0 saturated heterocycles. The van der Waals surface area contributed by atoms with Crippen LogP contribution in [0.3, 0.4) is 0 Å². The van der Waals surface area contributed by atoms with E-state index in [4.69, 9.17) is 10.5 Å². The Bertz CT molecular complexity index is 960. The van der Waals surface area contributed by atoms with Gasteiger partial charge < -0.3 is 20.5 Å². The van der Waals surface area contributed by atoms with Gasteiger partial charge in [-0.1, -0.05) is 18.7 Å². The number of rotatable bonds is 6. The number of benzene rings is 1. The lowest BCUT2D eigenvalue weighted by atomic mass is 9.84. The number of nitrogens with zero attached hydrogens (tertiary/aromatic N) is 3. The van der Waals surface area contributed by atoms with Gasteiger partial charge in [0, 0.05) is 23.6 Å². The van der Waals surface area contributed by atoms with Crippen LogP contribution in [0.1, 0.15) is 29.9 Å². The molecular formula is C19H21F2N5O3S. The van der Waals surface area contributed by atoms with Gasteiger partial charge in [0.25, 0.3) is 5.91 Å². The number of halogens is 2. The maximum absolute atomic E-state index is 14.8. The van der Waals surface area contributed by atoms with Gasteiger partial charge in [-0.05, 0) is 25.1 Å². The number of alkyl halides is 1. The molecule has 2 heterocycles. The topological polar surface area (TPSA) is 112 Å². The van der Waals surface area contributed by atoms with Gasteiger partial charge in [-0.15, -0.1) is 0 Å². The second-order valence-corrected chi connectivity index (χ2v) is 8.12. The molecule has 3 rings (SSSR count). The fourth-order valence-corrected chi connectivity index (χ4v) is 4.54. The number of aliphatic imine (C=N–C) groups is 1. The zero-order valence-corrected chi connectivity index (χ0v) is 17.4. The van der Waals surface area contributed by atoms with E-state index in [1.165, 1.54) is 37.1 Å². The van der Waals surface area contributed by atoms with Crippen LogP contribution in [-0.4, -0.2) is 46.4 Å². The number of methoxy groups -OCH3 is 1. The first-order chi connectivity index (χ1) is 14.3. The van der Waals surface area contributed by atoms with Crippen molar-refractivity contribution in [1.82, 2.24) is 9.97 Å². The van der Waals surface area contributed by atoms with E-state index < -0.39 is 30.2 Å². The second-order valence-electron chi connectivity index (χ2n) is 6.72. The van der Waals surface area contributed by atoms with Crippen molar-refractivity contribution in [1.29, 1.82) is 0 Å². The number of carbonyl (C=O) groups excluding carboxylic acids is 1. The Morgan fingerprint density at radius 1 is 1.37 bits per heavy atom. The Kier molecular flexibility index (Phi) is 6.52. The van der Waals surface area contributed by atoms with E-state index in [9.17, 15) is 13.6 Å². The van der Waals surface area contributed by atoms with Gasteiger partial charge in [-0.2, -0.15) is 0 Å². The Balaban J connectivity index is 1.89. The monoisotopic (exact) mass is 437 g/mol. The Morgan fingerprint density at radius 2 is 2.13 bits per heavy atom. The number of ether oxygens (including phenoxy) is 2. The fourth-order valence-electron chi connectivity index (χ4n) is 3.41. The van der Waals surface area contributed by atoms with Crippen LogP contribution in [0.15, 0.2) is 35.6 Å². The number of anilines is 1. The van der Waals surface area contributed by atoms with Crippen molar-refractivity contribution in [2.45, 2.75) is 30.7 Å². The summed E-state index contributed by atoms with van der Waals surface area (Å²) in [5, 5.41) is 2.91. The number of aromatic nitrogens is 2. The molecule has 1 aromatic heterocycles. The van der Waals surface area contributed by atoms with E-state index in [1.807, 2.05) is 6.92 Å². The minimum absolute atomic E-state index is 0.0157. The molecule has 0 unspecified atom stereocenters. The minimum Gasteiger partial charge on any atom is -0.445 e. The second kappa shape index (κ2) is 8.92. The molecule has 8 nitrogen and oxygen atoms in total. The number of nitrogens with two attached hydrogens (primary N) is 1. The van der Waals surface area contributed by atoms with Gasteiger partial charge in [-0.25, -0.2) is 23.7 Å². The molecule has 3 atom stereocenters. The molecule has 3 N–H and O–H groups in total. The average molecular weight is 437 g/mol. The summed E-state index contributed by atoms with van der Waals surface area (Å²) < 4.78 is 37.1. The van der Waals surface area contributed by atoms with Crippen LogP contribution < -0.4 is 15.8 Å². The molecule has 11 heteroatoms. The first-order valence-electron chi connectivity index (χ1n) is 8.95. The summed E-state index contributed by atoms with van der Waals surface area (Å²) in [7, 11) is 1.54. The standard InChI is InChI=1S/C19H21F2N5O3S/c1-10-16(28-3)19(2,26-18(22)30-10)12-6-11(4-5-13(12)21)25-17(27)14-7-24-15(8-23-14)29-9-20/h4-8,10,16H,9H2,1-3H3,(H2,22,26)(H,25,27)/t10-,16+,19-/m1/s1. The molecular weight excluding hydrogens is 416 g/mol. The smallest absolute Gasteiger partial charge is 0.275 e. The van der Waals surface area contributed by atoms with E-state index in [1.54, 1.807) is 6.92 Å². The predicted molar refractivity (Wildman–Crippen MR) is 110 cm³/mol. The van der Waals surface area contributed by atoms with Crippen LogP contribution >= 0.6 is 11.8 Å². The number of amidine groups is 1. The summed E-state index contributed by atoms with van der Waals surface area (Å²) in [5.41, 5.74) is 5.42. The number of hydrogen-bond acceptors (Lipinski definition) is 8. The lowest BCUT2D eigenvalue weighted by Gasteiger charge is -2.40. The summed E-state index contributed by atoms with van der Waals surface area (Å²) in [5.74, 6) is -1.12. The summed E-state index contributed by atoms with van der Waals surface area (Å²) in [4.78, 5) is 24.6. The molecule has 160 valence electrons. The average Bonchev–Trinajstić information content (AvgIpc) is 2.69. The van der Waals surface area contributed by atoms with E-state index in [-0.39, 0.29) is 22.4 Å². The highest BCUT2D eigenvalue weighted by Crippen LogP contribution is 2.42. The van der Waals surface area contributed by atoms with Gasteiger partial charge in [0.2, 0.25) is 12.7 Å². The number of nitrogens with one attached hydrogen (secondary N) is 1. The van der Waals surface area contributed by atoms with Crippen LogP contribution in [0.25, 0.3) is 0 Å². The quantitative estimate of drug-likeness (QED) is 0.715. The van der Waals surface area contributed by atoms with Gasteiger partial charge in [0.05, 0.1) is 18.5 Å². The SMILES string of the molecule is CO[C@H]1[C@@H](C)SC(N)=N[C@]1(C)c1cc(NC(=O)c2cnc(OCF)cn2)ccc1F. The van der Waals surface area contributed by atoms with Gasteiger partial charge in [0.15, 0.2) is 5.17 Å². The largest absolute Gasteiger partial charge is 0.445 e. The molecule has 1 amide bonds. The van der Waals surface area contributed by atoms with Crippen LogP contribution in [0.5, 0.6) is 5.88 Å². The van der Waals surface area contributed by atoms with Crippen LogP contribution in [0.4, 0.5) is 14.5 Å². The summed E-state index contributed by atoms with van der Waals surface area (Å²) in [6.45, 7) is 2.62. The van der Waals surface area contributed by atoms with E-state index >= 15 is 0 Å². The lowest BCUT2D eigenvalue weighted by molar-refractivity contribution is 0.0407. The molecule has 1 aliphatic heterocycles. The highest BCUT2D eigenvalue weighted by molar-refractivity contribution is 8.14. The molecule has 0 fully saturated rings. The summed E-state index contributed by atoms with van der Waals surface area (Å²) in [6, 6.07) is 4.15. The zero-order chi connectivity index (χ0) is 21.9. The third-order valence-electron chi connectivity index (χ3n) is 4.72. The van der Waals surface area contributed by atoms with Crippen molar-refractivity contribution in [3.8, 4) is 5.88 Å². The fraction of sp³-hybridized carbons (Fsp3) is 0.368. The highest BCUT2D eigenvalue weighted by atomic mass is 32.2. The third kappa shape index (κ3) is 4.36. The van der Waals surface area contributed by atoms with Crippen molar-refractivity contribution in [2.24, 2.45) is 10.7 Å². The molecule has 2 aromatic rings. The van der Waals surface area contributed by atoms with Crippen LogP contribution in [-0.2, 0) is 10.3 Å². The van der Waals surface area contributed by atoms with Crippen molar-refractivity contribution in [2.75, 3.05) is 19.3 Å². The predicted octanol–water partition coefficient (Wildman–Crippen LogP) is 2.85. The Morgan fingerprint density at radius 3 is 2.77 bits per heavy atom. The number of hydrogen-bond donors (Lipinski definition) is 2. The zero-order valence-electron chi connectivity index (χ0n) is 16.6. The highest BCUT2D eigenvalue weighted by Gasteiger charge is 2.45. The van der Waals surface area contributed by atoms with Crippen molar-refractivity contribution >= 4 is 28.5 Å². The summed E-state index contributed by atoms with van der Waals surface area (Å²) >= 11 is 1.36. The van der Waals surface area contributed by atoms with Gasteiger partial charge >= 0.3 is 0 Å². The molecule has 0 saturated carbocycles. The van der Waals surface area contributed by atoms with Crippen molar-refractivity contribution in [3.63, 3.8) is 0 Å². The first kappa shape index (κ1) is 21.9. The Hall–Kier alpha value is -2.79. The summed E-state index contributed by atoms with van der Waals surface area (Å²) in [6.07, 6.45) is 1.84. The van der Waals surface area contributed by atoms with Crippen LogP contribution in [0, 0.1) is 5.82 Å². The molecule has 1 aliphatic rings. The Labute approximate surface area is 176 Å². The van der Waals surface area contributed by atoms with E-state index in [0.717, 1.165) is 12.4 Å². The molecule has 0 bridgehead atoms. The molecule has 1 aromatic carbocycles. The third-order valence-corrected chi connectivity index (χ3v) is 5.67.